The summed E-state index contributed by atoms with van der Waals surface area (Å²) in [7, 11) is 2.15. The van der Waals surface area contributed by atoms with Gasteiger partial charge in [0.2, 0.25) is 0 Å². The molecule has 1 saturated heterocycles. The maximum Gasteiger partial charge on any atom is 0.335 e. The molecule has 144 valence electrons. The van der Waals surface area contributed by atoms with Gasteiger partial charge in [-0.15, -0.1) is 0 Å². The van der Waals surface area contributed by atoms with Crippen LogP contribution in [-0.2, 0) is 0 Å². The van der Waals surface area contributed by atoms with Crippen LogP contribution < -0.4 is 4.74 Å². The van der Waals surface area contributed by atoms with Gasteiger partial charge in [-0.2, -0.15) is 0 Å². The van der Waals surface area contributed by atoms with Crippen molar-refractivity contribution in [2.45, 2.75) is 12.8 Å². The first kappa shape index (κ1) is 19.4. The van der Waals surface area contributed by atoms with Gasteiger partial charge in [-0.25, -0.2) is 4.79 Å². The van der Waals surface area contributed by atoms with Crippen molar-refractivity contribution in [1.29, 1.82) is 0 Å². The van der Waals surface area contributed by atoms with Crippen LogP contribution in [0.25, 0.3) is 0 Å². The summed E-state index contributed by atoms with van der Waals surface area (Å²) >= 11 is 0. The number of nitrogens with zero attached hydrogens (tertiary/aromatic N) is 2. The second-order valence-corrected chi connectivity index (χ2v) is 7.18. The molecule has 2 aromatic carbocycles. The number of benzene rings is 2. The summed E-state index contributed by atoms with van der Waals surface area (Å²) in [4.78, 5) is 16.2. The average molecular weight is 368 g/mol. The minimum Gasteiger partial charge on any atom is -0.492 e. The quantitative estimate of drug-likeness (QED) is 0.814. The van der Waals surface area contributed by atoms with Gasteiger partial charge in [-0.1, -0.05) is 37.3 Å². The molecule has 0 amide bonds. The van der Waals surface area contributed by atoms with E-state index in [9.17, 15) is 9.90 Å². The van der Waals surface area contributed by atoms with E-state index in [4.69, 9.17) is 4.74 Å². The Kier molecular flexibility index (Phi) is 6.48. The summed E-state index contributed by atoms with van der Waals surface area (Å²) in [5.41, 5.74) is 2.35. The van der Waals surface area contributed by atoms with Gasteiger partial charge in [-0.3, -0.25) is 4.90 Å². The summed E-state index contributed by atoms with van der Waals surface area (Å²) in [6.45, 7) is 7.87. The summed E-state index contributed by atoms with van der Waals surface area (Å²) in [6, 6.07) is 15.3. The van der Waals surface area contributed by atoms with E-state index >= 15 is 0 Å². The van der Waals surface area contributed by atoms with Gasteiger partial charge < -0.3 is 14.7 Å². The van der Waals surface area contributed by atoms with Gasteiger partial charge in [-0.05, 0) is 30.8 Å². The fourth-order valence-corrected chi connectivity index (χ4v) is 3.43. The van der Waals surface area contributed by atoms with Crippen molar-refractivity contribution in [3.63, 3.8) is 0 Å². The van der Waals surface area contributed by atoms with E-state index in [0.717, 1.165) is 49.6 Å². The first-order valence-corrected chi connectivity index (χ1v) is 9.50. The maximum atomic E-state index is 11.4. The lowest BCUT2D eigenvalue weighted by Crippen LogP contribution is -2.45. The molecule has 5 nitrogen and oxygen atoms in total. The second kappa shape index (κ2) is 9.02. The van der Waals surface area contributed by atoms with Crippen LogP contribution >= 0.6 is 0 Å². The first-order chi connectivity index (χ1) is 13.0. The highest BCUT2D eigenvalue weighted by Crippen LogP contribution is 2.32. The largest absolute Gasteiger partial charge is 0.492 e. The molecule has 1 heterocycles. The van der Waals surface area contributed by atoms with E-state index < -0.39 is 5.97 Å². The lowest BCUT2D eigenvalue weighted by Gasteiger charge is -2.32. The van der Waals surface area contributed by atoms with E-state index in [2.05, 4.69) is 35.9 Å². The molecule has 3 rings (SSSR count). The molecule has 27 heavy (non-hydrogen) atoms. The Morgan fingerprint density at radius 1 is 1.11 bits per heavy atom. The van der Waals surface area contributed by atoms with Crippen molar-refractivity contribution in [2.75, 3.05) is 46.4 Å². The number of rotatable bonds is 7. The van der Waals surface area contributed by atoms with Crippen LogP contribution in [0.4, 0.5) is 0 Å². The van der Waals surface area contributed by atoms with Crippen molar-refractivity contribution in [3.8, 4) is 5.75 Å². The van der Waals surface area contributed by atoms with Crippen LogP contribution in [0.5, 0.6) is 5.75 Å². The molecule has 1 N–H and O–H groups in total. The Labute approximate surface area is 161 Å². The van der Waals surface area contributed by atoms with Crippen LogP contribution in [-0.4, -0.2) is 67.3 Å². The van der Waals surface area contributed by atoms with Gasteiger partial charge in [0.25, 0.3) is 0 Å². The van der Waals surface area contributed by atoms with Crippen LogP contribution in [0.3, 0.4) is 0 Å². The van der Waals surface area contributed by atoms with Crippen LogP contribution in [0.1, 0.15) is 34.3 Å². The highest BCUT2D eigenvalue weighted by molar-refractivity contribution is 5.88. The molecule has 1 atom stereocenters. The number of likely N-dealkylation sites (N-methyl/N-ethyl adjacent to an activating group) is 1. The fourth-order valence-electron chi connectivity index (χ4n) is 3.43. The molecule has 0 aliphatic carbocycles. The number of ether oxygens (including phenoxy) is 1. The minimum atomic E-state index is -0.916. The first-order valence-electron chi connectivity index (χ1n) is 9.50. The zero-order valence-electron chi connectivity index (χ0n) is 16.1. The monoisotopic (exact) mass is 368 g/mol. The number of aromatic carboxylic acids is 1. The van der Waals surface area contributed by atoms with Crippen LogP contribution in [0.15, 0.2) is 48.5 Å². The Bertz CT molecular complexity index is 755. The number of carboxylic acids is 1. The molecule has 0 aromatic heterocycles. The third-order valence-corrected chi connectivity index (χ3v) is 5.28. The number of carbonyl (C=O) groups is 1. The van der Waals surface area contributed by atoms with Gasteiger partial charge in [0.05, 0.1) is 5.56 Å². The summed E-state index contributed by atoms with van der Waals surface area (Å²) in [5, 5.41) is 9.37. The van der Waals surface area contributed by atoms with Gasteiger partial charge in [0.1, 0.15) is 12.4 Å². The Balaban J connectivity index is 1.72. The lowest BCUT2D eigenvalue weighted by molar-refractivity contribution is 0.0696. The smallest absolute Gasteiger partial charge is 0.335 e. The number of hydrogen-bond acceptors (Lipinski definition) is 4. The third kappa shape index (κ3) is 5.08. The highest BCUT2D eigenvalue weighted by Gasteiger charge is 2.18. The van der Waals surface area contributed by atoms with E-state index in [-0.39, 0.29) is 5.92 Å². The Hall–Kier alpha value is -2.37. The zero-order valence-corrected chi connectivity index (χ0v) is 16.1. The number of piperazine rings is 1. The molecule has 1 aliphatic rings. The van der Waals surface area contributed by atoms with E-state index in [1.807, 2.05) is 18.2 Å². The topological polar surface area (TPSA) is 53.0 Å². The van der Waals surface area contributed by atoms with Crippen molar-refractivity contribution in [2.24, 2.45) is 0 Å². The molecule has 1 fully saturated rings. The molecular weight excluding hydrogens is 340 g/mol. The molecule has 1 aliphatic heterocycles. The molecule has 0 saturated carbocycles. The Morgan fingerprint density at radius 3 is 2.48 bits per heavy atom. The summed E-state index contributed by atoms with van der Waals surface area (Å²) < 4.78 is 6.10. The zero-order chi connectivity index (χ0) is 19.2. The van der Waals surface area contributed by atoms with E-state index in [1.165, 1.54) is 0 Å². The molecule has 0 radical (unpaired) electrons. The summed E-state index contributed by atoms with van der Waals surface area (Å²) in [5.74, 6) is -0.0879. The normalized spacial score (nSPS) is 16.8. The predicted molar refractivity (Wildman–Crippen MR) is 107 cm³/mol. The van der Waals surface area contributed by atoms with Crippen molar-refractivity contribution in [3.05, 3.63) is 65.2 Å². The third-order valence-electron chi connectivity index (χ3n) is 5.28. The fraction of sp³-hybridized carbons (Fsp3) is 0.409. The van der Waals surface area contributed by atoms with E-state index in [1.54, 1.807) is 18.2 Å². The van der Waals surface area contributed by atoms with Crippen molar-refractivity contribution >= 4 is 5.97 Å². The lowest BCUT2D eigenvalue weighted by atomic mass is 9.91. The highest BCUT2D eigenvalue weighted by atomic mass is 16.5. The molecule has 2 aromatic rings. The van der Waals surface area contributed by atoms with E-state index in [0.29, 0.717) is 12.2 Å². The van der Waals surface area contributed by atoms with Crippen molar-refractivity contribution < 1.29 is 14.6 Å². The molecular formula is C22H28N2O3. The van der Waals surface area contributed by atoms with Crippen molar-refractivity contribution in [1.82, 2.24) is 9.80 Å². The van der Waals surface area contributed by atoms with Crippen LogP contribution in [0.2, 0.25) is 0 Å². The van der Waals surface area contributed by atoms with Gasteiger partial charge >= 0.3 is 5.97 Å². The number of carboxylic acid groups (broad SMARTS) is 1. The molecule has 5 heteroatoms. The number of hydrogen-bond donors (Lipinski definition) is 1. The molecule has 1 unspecified atom stereocenters. The standard InChI is InChI=1S/C22H28N2O3/c1-17(18-6-4-3-5-7-18)20-16-19(22(25)26)8-9-21(20)27-15-14-24-12-10-23(2)11-13-24/h3-9,16-17H,10-15H2,1-2H3,(H,25,26). The summed E-state index contributed by atoms with van der Waals surface area (Å²) in [6.07, 6.45) is 0. The van der Waals surface area contributed by atoms with Gasteiger partial charge in [0, 0.05) is 44.2 Å². The second-order valence-electron chi connectivity index (χ2n) is 7.18. The Morgan fingerprint density at radius 2 is 1.81 bits per heavy atom. The maximum absolute atomic E-state index is 11.4. The van der Waals surface area contributed by atoms with Gasteiger partial charge in [0.15, 0.2) is 0 Å². The predicted octanol–water partition coefficient (Wildman–Crippen LogP) is 3.16. The molecule has 0 spiro atoms. The van der Waals surface area contributed by atoms with Crippen LogP contribution in [0, 0.1) is 0 Å². The SMILES string of the molecule is CC(c1ccccc1)c1cc(C(=O)O)ccc1OCCN1CCN(C)CC1. The minimum absolute atomic E-state index is 0.0594. The molecule has 0 bridgehead atoms. The average Bonchev–Trinajstić information content (AvgIpc) is 2.69.